The van der Waals surface area contributed by atoms with E-state index in [4.69, 9.17) is 11.6 Å². The van der Waals surface area contributed by atoms with E-state index in [9.17, 15) is 0 Å². The van der Waals surface area contributed by atoms with E-state index in [0.717, 1.165) is 17.5 Å². The van der Waals surface area contributed by atoms with Crippen LogP contribution in [-0.2, 0) is 5.41 Å². The lowest BCUT2D eigenvalue weighted by Crippen LogP contribution is -2.27. The monoisotopic (exact) mass is 251 g/mol. The summed E-state index contributed by atoms with van der Waals surface area (Å²) in [5.41, 5.74) is 1.80. The molecular formula is C15H22ClN. The Balaban J connectivity index is 2.08. The standard InChI is InChI=1S/C15H22ClN/c1-4-15(9-13(15)10-17-11(2)3)12-6-5-7-14(16)8-12/h5-8,11,13,17H,4,9-10H2,1-3H3. The second-order valence-corrected chi connectivity index (χ2v) is 5.92. The Labute approximate surface area is 110 Å². The topological polar surface area (TPSA) is 12.0 Å². The smallest absolute Gasteiger partial charge is 0.0408 e. The number of hydrogen-bond donors (Lipinski definition) is 1. The van der Waals surface area contributed by atoms with E-state index in [0.29, 0.717) is 11.5 Å². The van der Waals surface area contributed by atoms with E-state index in [1.807, 2.05) is 6.07 Å². The Kier molecular flexibility index (Phi) is 3.79. The van der Waals surface area contributed by atoms with E-state index in [1.165, 1.54) is 18.4 Å². The van der Waals surface area contributed by atoms with Crippen LogP contribution in [0.5, 0.6) is 0 Å². The average Bonchev–Trinajstić information content (AvgIpc) is 3.01. The third-order valence-corrected chi connectivity index (χ3v) is 4.27. The first-order valence-electron chi connectivity index (χ1n) is 6.58. The summed E-state index contributed by atoms with van der Waals surface area (Å²) in [6, 6.07) is 8.97. The van der Waals surface area contributed by atoms with Crippen LogP contribution in [0.1, 0.15) is 39.2 Å². The molecular weight excluding hydrogens is 230 g/mol. The van der Waals surface area contributed by atoms with Gasteiger partial charge in [-0.1, -0.05) is 44.5 Å². The molecule has 0 heterocycles. The molecule has 0 amide bonds. The van der Waals surface area contributed by atoms with Crippen LogP contribution >= 0.6 is 11.6 Å². The highest BCUT2D eigenvalue weighted by atomic mass is 35.5. The Morgan fingerprint density at radius 3 is 2.82 bits per heavy atom. The third kappa shape index (κ3) is 2.66. The molecule has 0 saturated heterocycles. The predicted molar refractivity (Wildman–Crippen MR) is 74.7 cm³/mol. The largest absolute Gasteiger partial charge is 0.314 e. The molecule has 1 N–H and O–H groups in total. The highest BCUT2D eigenvalue weighted by Gasteiger charge is 2.53. The quantitative estimate of drug-likeness (QED) is 0.834. The highest BCUT2D eigenvalue weighted by molar-refractivity contribution is 6.30. The summed E-state index contributed by atoms with van der Waals surface area (Å²) in [6.45, 7) is 7.82. The number of rotatable bonds is 5. The summed E-state index contributed by atoms with van der Waals surface area (Å²) in [6.07, 6.45) is 2.50. The van der Waals surface area contributed by atoms with Gasteiger partial charge in [-0.2, -0.15) is 0 Å². The first-order valence-corrected chi connectivity index (χ1v) is 6.95. The lowest BCUT2D eigenvalue weighted by molar-refractivity contribution is 0.506. The van der Waals surface area contributed by atoms with Gasteiger partial charge >= 0.3 is 0 Å². The normalized spacial score (nSPS) is 27.5. The Bertz CT molecular complexity index is 388. The lowest BCUT2D eigenvalue weighted by Gasteiger charge is -2.17. The van der Waals surface area contributed by atoms with Crippen molar-refractivity contribution in [3.8, 4) is 0 Å². The Hall–Kier alpha value is -0.530. The lowest BCUT2D eigenvalue weighted by atomic mass is 9.90. The molecule has 1 nitrogen and oxygen atoms in total. The van der Waals surface area contributed by atoms with Gasteiger partial charge in [0, 0.05) is 11.1 Å². The van der Waals surface area contributed by atoms with Crippen LogP contribution in [0.2, 0.25) is 5.02 Å². The predicted octanol–water partition coefficient (Wildman–Crippen LogP) is 4.01. The van der Waals surface area contributed by atoms with E-state index >= 15 is 0 Å². The molecule has 17 heavy (non-hydrogen) atoms. The van der Waals surface area contributed by atoms with Gasteiger partial charge in [-0.3, -0.25) is 0 Å². The van der Waals surface area contributed by atoms with Crippen molar-refractivity contribution in [2.24, 2.45) is 5.92 Å². The van der Waals surface area contributed by atoms with Crippen molar-refractivity contribution in [3.63, 3.8) is 0 Å². The van der Waals surface area contributed by atoms with E-state index in [2.05, 4.69) is 44.3 Å². The highest BCUT2D eigenvalue weighted by Crippen LogP contribution is 2.56. The minimum Gasteiger partial charge on any atom is -0.314 e. The molecule has 0 aromatic heterocycles. The third-order valence-electron chi connectivity index (χ3n) is 4.03. The van der Waals surface area contributed by atoms with E-state index in [-0.39, 0.29) is 0 Å². The van der Waals surface area contributed by atoms with Crippen molar-refractivity contribution >= 4 is 11.6 Å². The fraction of sp³-hybridized carbons (Fsp3) is 0.600. The van der Waals surface area contributed by atoms with Crippen LogP contribution in [0.3, 0.4) is 0 Å². The molecule has 0 radical (unpaired) electrons. The maximum atomic E-state index is 6.10. The molecule has 94 valence electrons. The average molecular weight is 252 g/mol. The van der Waals surface area contributed by atoms with Gasteiger partial charge < -0.3 is 5.32 Å². The summed E-state index contributed by atoms with van der Waals surface area (Å²) in [4.78, 5) is 0. The minimum atomic E-state index is 0.382. The molecule has 2 atom stereocenters. The van der Waals surface area contributed by atoms with Crippen LogP contribution in [0.25, 0.3) is 0 Å². The van der Waals surface area contributed by atoms with Crippen molar-refractivity contribution in [3.05, 3.63) is 34.9 Å². The molecule has 2 rings (SSSR count). The summed E-state index contributed by atoms with van der Waals surface area (Å²) >= 11 is 6.10. The second kappa shape index (κ2) is 4.99. The van der Waals surface area contributed by atoms with Crippen molar-refractivity contribution in [1.82, 2.24) is 5.32 Å². The maximum Gasteiger partial charge on any atom is 0.0408 e. The molecule has 1 fully saturated rings. The first kappa shape index (κ1) is 12.9. The van der Waals surface area contributed by atoms with Gasteiger partial charge in [0.05, 0.1) is 0 Å². The number of benzene rings is 1. The summed E-state index contributed by atoms with van der Waals surface area (Å²) in [7, 11) is 0. The van der Waals surface area contributed by atoms with E-state index in [1.54, 1.807) is 0 Å². The maximum absolute atomic E-state index is 6.10. The molecule has 0 spiro atoms. The van der Waals surface area contributed by atoms with Crippen molar-refractivity contribution in [2.45, 2.75) is 45.1 Å². The van der Waals surface area contributed by atoms with E-state index < -0.39 is 0 Å². The van der Waals surface area contributed by atoms with Crippen LogP contribution < -0.4 is 5.32 Å². The van der Waals surface area contributed by atoms with Gasteiger partial charge in [-0.25, -0.2) is 0 Å². The zero-order valence-electron chi connectivity index (χ0n) is 11.0. The molecule has 0 aliphatic heterocycles. The molecule has 1 aromatic carbocycles. The first-order chi connectivity index (χ1) is 8.08. The Morgan fingerprint density at radius 1 is 1.47 bits per heavy atom. The van der Waals surface area contributed by atoms with Gasteiger partial charge in [-0.05, 0) is 48.4 Å². The Morgan fingerprint density at radius 2 is 2.24 bits per heavy atom. The number of hydrogen-bond acceptors (Lipinski definition) is 1. The minimum absolute atomic E-state index is 0.382. The summed E-state index contributed by atoms with van der Waals surface area (Å²) in [5.74, 6) is 0.772. The van der Waals surface area contributed by atoms with Crippen LogP contribution in [0, 0.1) is 5.92 Å². The SMILES string of the molecule is CCC1(c2cccc(Cl)c2)CC1CNC(C)C. The summed E-state index contributed by atoms with van der Waals surface area (Å²) in [5, 5.41) is 4.41. The molecule has 2 heteroatoms. The van der Waals surface area contributed by atoms with Crippen molar-refractivity contribution < 1.29 is 0 Å². The van der Waals surface area contributed by atoms with Crippen LogP contribution in [0.15, 0.2) is 24.3 Å². The molecule has 1 aromatic rings. The van der Waals surface area contributed by atoms with Crippen LogP contribution in [-0.4, -0.2) is 12.6 Å². The van der Waals surface area contributed by atoms with Gasteiger partial charge in [0.1, 0.15) is 0 Å². The van der Waals surface area contributed by atoms with Gasteiger partial charge in [-0.15, -0.1) is 0 Å². The van der Waals surface area contributed by atoms with Gasteiger partial charge in [0.2, 0.25) is 0 Å². The van der Waals surface area contributed by atoms with Crippen molar-refractivity contribution in [2.75, 3.05) is 6.54 Å². The van der Waals surface area contributed by atoms with Gasteiger partial charge in [0.25, 0.3) is 0 Å². The molecule has 1 aliphatic rings. The van der Waals surface area contributed by atoms with Gasteiger partial charge in [0.15, 0.2) is 0 Å². The second-order valence-electron chi connectivity index (χ2n) is 5.48. The fourth-order valence-electron chi connectivity index (χ4n) is 2.82. The molecule has 0 bridgehead atoms. The zero-order valence-corrected chi connectivity index (χ0v) is 11.7. The molecule has 2 unspecified atom stereocenters. The number of nitrogens with one attached hydrogen (secondary N) is 1. The molecule has 1 saturated carbocycles. The zero-order chi connectivity index (χ0) is 12.5. The fourth-order valence-corrected chi connectivity index (χ4v) is 3.01. The molecule has 1 aliphatic carbocycles. The number of halogens is 1. The van der Waals surface area contributed by atoms with Crippen LogP contribution in [0.4, 0.5) is 0 Å². The summed E-state index contributed by atoms with van der Waals surface area (Å²) < 4.78 is 0. The van der Waals surface area contributed by atoms with Crippen molar-refractivity contribution in [1.29, 1.82) is 0 Å².